The molecule has 0 aliphatic carbocycles. The molecule has 1 aliphatic rings. The second kappa shape index (κ2) is 12.5. The lowest BCUT2D eigenvalue weighted by molar-refractivity contribution is -0.170. The first kappa shape index (κ1) is 26.5. The summed E-state index contributed by atoms with van der Waals surface area (Å²) >= 11 is 0. The minimum absolute atomic E-state index is 0.0316. The van der Waals surface area contributed by atoms with Gasteiger partial charge in [0.05, 0.1) is 12.5 Å². The molecular weight excluding hydrogens is 444 g/mol. The molecule has 11 nitrogen and oxygen atoms in total. The number of carbonyl (C=O) groups is 6. The summed E-state index contributed by atoms with van der Waals surface area (Å²) in [5.74, 6) is -2.59. The first-order valence-electron chi connectivity index (χ1n) is 11.1. The lowest BCUT2D eigenvalue weighted by Crippen LogP contribution is -2.60. The highest BCUT2D eigenvalue weighted by molar-refractivity contribution is 5.95. The summed E-state index contributed by atoms with van der Waals surface area (Å²) < 4.78 is 0. The number of aliphatic carboxylic acids is 1. The Hall–Kier alpha value is -3.76. The van der Waals surface area contributed by atoms with E-state index in [9.17, 15) is 28.8 Å². The molecule has 0 aromatic heterocycles. The van der Waals surface area contributed by atoms with Crippen molar-refractivity contribution in [1.29, 1.82) is 0 Å². The average molecular weight is 475 g/mol. The average Bonchev–Trinajstić information content (AvgIpc) is 2.81. The zero-order valence-electron chi connectivity index (χ0n) is 19.2. The number of nitrogens with one attached hydrogen (secondary N) is 2. The van der Waals surface area contributed by atoms with Crippen molar-refractivity contribution in [3.8, 4) is 0 Å². The fourth-order valence-electron chi connectivity index (χ4n) is 3.76. The maximum absolute atomic E-state index is 12.8. The molecule has 3 N–H and O–H groups in total. The highest BCUT2D eigenvalue weighted by atomic mass is 16.4. The number of hydrogen-bond acceptors (Lipinski definition) is 6. The molecule has 1 fully saturated rings. The second-order valence-corrected chi connectivity index (χ2v) is 8.24. The van der Waals surface area contributed by atoms with E-state index in [4.69, 9.17) is 5.11 Å². The molecule has 1 aliphatic heterocycles. The number of nitrogens with zero attached hydrogens (tertiary/aromatic N) is 2. The molecule has 2 rings (SSSR count). The summed E-state index contributed by atoms with van der Waals surface area (Å²) in [6.07, 6.45) is 1.16. The number of benzene rings is 1. The Morgan fingerprint density at radius 1 is 1.18 bits per heavy atom. The van der Waals surface area contributed by atoms with Crippen molar-refractivity contribution < 1.29 is 33.9 Å². The summed E-state index contributed by atoms with van der Waals surface area (Å²) in [7, 11) is 0. The Kier molecular flexibility index (Phi) is 9.72. The van der Waals surface area contributed by atoms with Gasteiger partial charge in [0, 0.05) is 24.6 Å². The Morgan fingerprint density at radius 2 is 1.88 bits per heavy atom. The van der Waals surface area contributed by atoms with Gasteiger partial charge in [-0.2, -0.15) is 0 Å². The number of rotatable bonds is 11. The number of hydrogen-bond donors (Lipinski definition) is 3. The highest BCUT2D eigenvalue weighted by Crippen LogP contribution is 2.19. The standard InChI is InChI=1S/C23H30N4O7/c1-15-6-3-4-7-18(15)22(33)24-16(2)9-10-20(30)26-11-5-8-19(27(26)14-29)23(34)25-17(13-28)12-21(31)32/h3-4,6-7,13-14,16-17,19H,5,8-12H2,1-2H3,(H,24,33)(H,25,34)(H,31,32)/t16-,17+,19+/m1/s1. The molecule has 0 bridgehead atoms. The van der Waals surface area contributed by atoms with E-state index in [2.05, 4.69) is 10.6 Å². The SMILES string of the molecule is Cc1ccccc1C(=O)N[C@H](C)CCC(=O)N1CCC[C@@H](C(=O)N[C@H](C=O)CC(=O)O)N1C=O. The maximum atomic E-state index is 12.8. The van der Waals surface area contributed by atoms with Crippen LogP contribution >= 0.6 is 0 Å². The molecule has 34 heavy (non-hydrogen) atoms. The number of aryl methyl sites for hydroxylation is 1. The molecule has 0 unspecified atom stereocenters. The Balaban J connectivity index is 1.95. The molecule has 1 saturated heterocycles. The van der Waals surface area contributed by atoms with Crippen LogP contribution in [-0.2, 0) is 24.0 Å². The summed E-state index contributed by atoms with van der Waals surface area (Å²) in [5, 5.41) is 16.2. The predicted molar refractivity (Wildman–Crippen MR) is 120 cm³/mol. The van der Waals surface area contributed by atoms with E-state index in [0.717, 1.165) is 10.6 Å². The lowest BCUT2D eigenvalue weighted by Gasteiger charge is -2.41. The van der Waals surface area contributed by atoms with Crippen molar-refractivity contribution >= 4 is 36.4 Å². The second-order valence-electron chi connectivity index (χ2n) is 8.24. The van der Waals surface area contributed by atoms with Crippen LogP contribution in [0, 0.1) is 6.92 Å². The number of carboxylic acid groups (broad SMARTS) is 1. The number of carbonyl (C=O) groups excluding carboxylic acids is 5. The van der Waals surface area contributed by atoms with E-state index in [-0.39, 0.29) is 37.2 Å². The fourth-order valence-corrected chi connectivity index (χ4v) is 3.76. The van der Waals surface area contributed by atoms with Crippen LogP contribution in [0.3, 0.4) is 0 Å². The molecule has 0 spiro atoms. The predicted octanol–water partition coefficient (Wildman–Crippen LogP) is 0.416. The Labute approximate surface area is 197 Å². The topological polar surface area (TPSA) is 153 Å². The molecule has 1 aromatic carbocycles. The van der Waals surface area contributed by atoms with Gasteiger partial charge in [0.2, 0.25) is 18.2 Å². The fraction of sp³-hybridized carbons (Fsp3) is 0.478. The highest BCUT2D eigenvalue weighted by Gasteiger charge is 2.36. The first-order chi connectivity index (χ1) is 16.2. The van der Waals surface area contributed by atoms with E-state index in [1.807, 2.05) is 19.1 Å². The van der Waals surface area contributed by atoms with Crippen LogP contribution in [0.1, 0.15) is 54.9 Å². The minimum atomic E-state index is -1.26. The van der Waals surface area contributed by atoms with Crippen molar-refractivity contribution in [3.05, 3.63) is 35.4 Å². The molecule has 0 saturated carbocycles. The largest absolute Gasteiger partial charge is 0.481 e. The minimum Gasteiger partial charge on any atom is -0.481 e. The van der Waals surface area contributed by atoms with Gasteiger partial charge in [0.25, 0.3) is 5.91 Å². The summed E-state index contributed by atoms with van der Waals surface area (Å²) in [5.41, 5.74) is 1.39. The smallest absolute Gasteiger partial charge is 0.305 e. The van der Waals surface area contributed by atoms with Crippen molar-refractivity contribution in [2.75, 3.05) is 6.54 Å². The van der Waals surface area contributed by atoms with Gasteiger partial charge < -0.3 is 20.5 Å². The van der Waals surface area contributed by atoms with E-state index < -0.39 is 30.4 Å². The number of aldehydes is 1. The molecule has 3 atom stereocenters. The number of hydrazine groups is 1. The summed E-state index contributed by atoms with van der Waals surface area (Å²) in [6, 6.07) is 4.57. The maximum Gasteiger partial charge on any atom is 0.305 e. The molecule has 1 heterocycles. The van der Waals surface area contributed by atoms with Gasteiger partial charge in [0.15, 0.2) is 0 Å². The number of amides is 4. The van der Waals surface area contributed by atoms with E-state index >= 15 is 0 Å². The van der Waals surface area contributed by atoms with Crippen LogP contribution in [0.4, 0.5) is 0 Å². The van der Waals surface area contributed by atoms with Crippen LogP contribution in [0.15, 0.2) is 24.3 Å². The lowest BCUT2D eigenvalue weighted by atomic mass is 10.1. The Bertz CT molecular complexity index is 936. The zero-order chi connectivity index (χ0) is 25.3. The molecule has 184 valence electrons. The molecule has 1 aromatic rings. The van der Waals surface area contributed by atoms with E-state index in [1.54, 1.807) is 19.1 Å². The van der Waals surface area contributed by atoms with Gasteiger partial charge in [-0.15, -0.1) is 0 Å². The van der Waals surface area contributed by atoms with Gasteiger partial charge in [-0.3, -0.25) is 29.0 Å². The van der Waals surface area contributed by atoms with Gasteiger partial charge in [-0.25, -0.2) is 5.01 Å². The third-order valence-corrected chi connectivity index (χ3v) is 5.59. The van der Waals surface area contributed by atoms with E-state index in [0.29, 0.717) is 31.1 Å². The molecule has 4 amide bonds. The molecular formula is C23H30N4O7. The van der Waals surface area contributed by atoms with Crippen LogP contribution in [-0.4, -0.2) is 76.2 Å². The van der Waals surface area contributed by atoms with Crippen LogP contribution < -0.4 is 10.6 Å². The van der Waals surface area contributed by atoms with Crippen LogP contribution in [0.5, 0.6) is 0 Å². The van der Waals surface area contributed by atoms with Gasteiger partial charge in [0.1, 0.15) is 12.3 Å². The van der Waals surface area contributed by atoms with Crippen LogP contribution in [0.25, 0.3) is 0 Å². The van der Waals surface area contributed by atoms with Crippen molar-refractivity contribution in [1.82, 2.24) is 20.7 Å². The van der Waals surface area contributed by atoms with Crippen LogP contribution in [0.2, 0.25) is 0 Å². The third kappa shape index (κ3) is 7.12. The van der Waals surface area contributed by atoms with Crippen molar-refractivity contribution in [2.24, 2.45) is 0 Å². The normalized spacial score (nSPS) is 17.3. The quantitative estimate of drug-likeness (QED) is 0.393. The van der Waals surface area contributed by atoms with Gasteiger partial charge in [-0.05, 0) is 44.7 Å². The van der Waals surface area contributed by atoms with Crippen molar-refractivity contribution in [3.63, 3.8) is 0 Å². The van der Waals surface area contributed by atoms with Gasteiger partial charge in [-0.1, -0.05) is 18.2 Å². The van der Waals surface area contributed by atoms with Gasteiger partial charge >= 0.3 is 5.97 Å². The molecule has 0 radical (unpaired) electrons. The number of carboxylic acids is 1. The first-order valence-corrected chi connectivity index (χ1v) is 11.1. The molecule has 11 heteroatoms. The third-order valence-electron chi connectivity index (χ3n) is 5.59. The van der Waals surface area contributed by atoms with Crippen molar-refractivity contribution in [2.45, 2.75) is 64.1 Å². The summed E-state index contributed by atoms with van der Waals surface area (Å²) in [4.78, 5) is 71.5. The van der Waals surface area contributed by atoms with E-state index in [1.165, 1.54) is 5.01 Å². The monoisotopic (exact) mass is 474 g/mol. The zero-order valence-corrected chi connectivity index (χ0v) is 19.2. The summed E-state index contributed by atoms with van der Waals surface area (Å²) in [6.45, 7) is 3.84. The Morgan fingerprint density at radius 3 is 2.50 bits per heavy atom.